The van der Waals surface area contributed by atoms with Gasteiger partial charge in [-0.2, -0.15) is 0 Å². The molecule has 1 heterocycles. The third-order valence-electron chi connectivity index (χ3n) is 2.31. The zero-order valence-electron chi connectivity index (χ0n) is 8.67. The largest absolute Gasteiger partial charge is 0.321 e. The van der Waals surface area contributed by atoms with Crippen LogP contribution in [-0.4, -0.2) is 16.8 Å². The first-order valence-corrected chi connectivity index (χ1v) is 5.87. The number of thiazole rings is 1. The van der Waals surface area contributed by atoms with Crippen molar-refractivity contribution in [3.8, 4) is 0 Å². The van der Waals surface area contributed by atoms with Gasteiger partial charge in [-0.25, -0.2) is 0 Å². The summed E-state index contributed by atoms with van der Waals surface area (Å²) < 4.78 is 0. The van der Waals surface area contributed by atoms with Crippen molar-refractivity contribution in [3.63, 3.8) is 0 Å². The van der Waals surface area contributed by atoms with Crippen LogP contribution in [0, 0.1) is 0 Å². The zero-order chi connectivity index (χ0) is 11.4. The maximum atomic E-state index is 11.9. The van der Waals surface area contributed by atoms with Crippen LogP contribution in [0.5, 0.6) is 0 Å². The minimum Gasteiger partial charge on any atom is -0.321 e. The van der Waals surface area contributed by atoms with E-state index in [-0.39, 0.29) is 5.78 Å². The summed E-state index contributed by atoms with van der Waals surface area (Å²) >= 11 is 1.33. The van der Waals surface area contributed by atoms with Crippen molar-refractivity contribution in [2.45, 2.75) is 12.5 Å². The molecule has 1 unspecified atom stereocenters. The average Bonchev–Trinajstić information content (AvgIpc) is 2.83. The molecule has 0 aliphatic heterocycles. The van der Waals surface area contributed by atoms with E-state index in [1.807, 2.05) is 30.3 Å². The first-order valence-electron chi connectivity index (χ1n) is 4.99. The highest BCUT2D eigenvalue weighted by Crippen LogP contribution is 2.11. The summed E-state index contributed by atoms with van der Waals surface area (Å²) in [5, 5.41) is 0. The maximum Gasteiger partial charge on any atom is 0.191 e. The quantitative estimate of drug-likeness (QED) is 0.819. The highest BCUT2D eigenvalue weighted by atomic mass is 32.1. The normalized spacial score (nSPS) is 12.3. The first-order chi connectivity index (χ1) is 7.77. The molecule has 1 aromatic heterocycles. The average molecular weight is 232 g/mol. The smallest absolute Gasteiger partial charge is 0.191 e. The van der Waals surface area contributed by atoms with Crippen molar-refractivity contribution in [2.75, 3.05) is 0 Å². The van der Waals surface area contributed by atoms with Crippen LogP contribution in [-0.2, 0) is 6.42 Å². The molecule has 0 saturated carbocycles. The molecule has 4 heteroatoms. The Kier molecular flexibility index (Phi) is 3.44. The predicted molar refractivity (Wildman–Crippen MR) is 64.6 cm³/mol. The van der Waals surface area contributed by atoms with E-state index < -0.39 is 6.04 Å². The van der Waals surface area contributed by atoms with E-state index in [1.54, 1.807) is 11.7 Å². The molecule has 82 valence electrons. The van der Waals surface area contributed by atoms with Crippen molar-refractivity contribution < 1.29 is 4.79 Å². The monoisotopic (exact) mass is 232 g/mol. The molecule has 0 bridgehead atoms. The van der Waals surface area contributed by atoms with Gasteiger partial charge in [-0.15, -0.1) is 11.3 Å². The van der Waals surface area contributed by atoms with Gasteiger partial charge in [0.25, 0.3) is 0 Å². The van der Waals surface area contributed by atoms with E-state index in [4.69, 9.17) is 5.73 Å². The molecule has 2 rings (SSSR count). The fourth-order valence-corrected chi connectivity index (χ4v) is 2.11. The Hall–Kier alpha value is -1.52. The zero-order valence-corrected chi connectivity index (χ0v) is 9.48. The molecule has 0 aliphatic rings. The number of hydrogen-bond acceptors (Lipinski definition) is 4. The maximum absolute atomic E-state index is 11.9. The topological polar surface area (TPSA) is 56.0 Å². The molecule has 1 atom stereocenters. The third-order valence-corrected chi connectivity index (χ3v) is 3.10. The molecule has 0 spiro atoms. The lowest BCUT2D eigenvalue weighted by Gasteiger charge is -2.08. The molecule has 16 heavy (non-hydrogen) atoms. The lowest BCUT2D eigenvalue weighted by Crippen LogP contribution is -2.32. The first kappa shape index (κ1) is 11.0. The number of aromatic nitrogens is 1. The van der Waals surface area contributed by atoms with Gasteiger partial charge in [0.2, 0.25) is 0 Å². The summed E-state index contributed by atoms with van der Waals surface area (Å²) in [5.41, 5.74) is 8.59. The van der Waals surface area contributed by atoms with Crippen molar-refractivity contribution in [1.29, 1.82) is 0 Å². The van der Waals surface area contributed by atoms with Crippen LogP contribution >= 0.6 is 11.3 Å². The molecule has 3 nitrogen and oxygen atoms in total. The second-order valence-electron chi connectivity index (χ2n) is 3.53. The van der Waals surface area contributed by atoms with Gasteiger partial charge in [0.15, 0.2) is 5.78 Å². The molecule has 2 aromatic rings. The molecule has 0 fully saturated rings. The Morgan fingerprint density at radius 3 is 2.75 bits per heavy atom. The van der Waals surface area contributed by atoms with Crippen LogP contribution in [0.4, 0.5) is 0 Å². The number of Topliss-reactive ketones (excluding diaryl/α,β-unsaturated/α-hetero) is 1. The summed E-state index contributed by atoms with van der Waals surface area (Å²) in [7, 11) is 0. The Bertz CT molecular complexity index is 453. The van der Waals surface area contributed by atoms with Gasteiger partial charge in [0.1, 0.15) is 0 Å². The lowest BCUT2D eigenvalue weighted by molar-refractivity contribution is 0.0964. The standard InChI is InChI=1S/C12H12N2OS/c13-10(6-9-4-2-1-3-5-9)12(15)11-7-14-8-16-11/h1-5,7-8,10H,6,13H2. The van der Waals surface area contributed by atoms with Crippen LogP contribution in [0.3, 0.4) is 0 Å². The van der Waals surface area contributed by atoms with Crippen LogP contribution in [0.15, 0.2) is 42.0 Å². The third kappa shape index (κ3) is 2.53. The fraction of sp³-hybridized carbons (Fsp3) is 0.167. The van der Waals surface area contributed by atoms with Crippen LogP contribution in [0.25, 0.3) is 0 Å². The summed E-state index contributed by atoms with van der Waals surface area (Å²) in [5.74, 6) is -0.0358. The predicted octanol–water partition coefficient (Wildman–Crippen LogP) is 1.90. The number of ketones is 1. The van der Waals surface area contributed by atoms with Crippen molar-refractivity contribution >= 4 is 17.1 Å². The molecular weight excluding hydrogens is 220 g/mol. The second-order valence-corrected chi connectivity index (χ2v) is 4.41. The molecule has 2 N–H and O–H groups in total. The lowest BCUT2D eigenvalue weighted by atomic mass is 10.0. The summed E-state index contributed by atoms with van der Waals surface area (Å²) in [6.45, 7) is 0. The Balaban J connectivity index is 2.04. The second kappa shape index (κ2) is 5.01. The molecular formula is C12H12N2OS. The van der Waals surface area contributed by atoms with Gasteiger partial charge >= 0.3 is 0 Å². The SMILES string of the molecule is NC(Cc1ccccc1)C(=O)c1cncs1. The number of rotatable bonds is 4. The van der Waals surface area contributed by atoms with Crippen molar-refractivity contribution in [3.05, 3.63) is 52.5 Å². The Labute approximate surface area is 97.9 Å². The number of nitrogens with two attached hydrogens (primary N) is 1. The van der Waals surface area contributed by atoms with Crippen LogP contribution in [0.2, 0.25) is 0 Å². The van der Waals surface area contributed by atoms with Gasteiger partial charge in [0, 0.05) is 6.20 Å². The summed E-state index contributed by atoms with van der Waals surface area (Å²) in [6.07, 6.45) is 2.13. The highest BCUT2D eigenvalue weighted by Gasteiger charge is 2.17. The van der Waals surface area contributed by atoms with Gasteiger partial charge in [-0.05, 0) is 12.0 Å². The number of carbonyl (C=O) groups excluding carboxylic acids is 1. The molecule has 0 aliphatic carbocycles. The Morgan fingerprint density at radius 1 is 1.38 bits per heavy atom. The van der Waals surface area contributed by atoms with Crippen molar-refractivity contribution in [2.24, 2.45) is 5.73 Å². The summed E-state index contributed by atoms with van der Waals surface area (Å²) in [6, 6.07) is 9.29. The van der Waals surface area contributed by atoms with Crippen LogP contribution < -0.4 is 5.73 Å². The van der Waals surface area contributed by atoms with Gasteiger partial charge in [-0.3, -0.25) is 9.78 Å². The van der Waals surface area contributed by atoms with E-state index in [9.17, 15) is 4.79 Å². The molecule has 0 saturated heterocycles. The van der Waals surface area contributed by atoms with Gasteiger partial charge < -0.3 is 5.73 Å². The summed E-state index contributed by atoms with van der Waals surface area (Å²) in [4.78, 5) is 16.4. The molecule has 0 amide bonds. The Morgan fingerprint density at radius 2 is 2.12 bits per heavy atom. The van der Waals surface area contributed by atoms with Crippen molar-refractivity contribution in [1.82, 2.24) is 4.98 Å². The van der Waals surface area contributed by atoms with Gasteiger partial charge in [-0.1, -0.05) is 30.3 Å². The minimum absolute atomic E-state index is 0.0358. The highest BCUT2D eigenvalue weighted by molar-refractivity contribution is 7.11. The number of benzene rings is 1. The van der Waals surface area contributed by atoms with E-state index in [1.165, 1.54) is 11.3 Å². The van der Waals surface area contributed by atoms with Crippen LogP contribution in [0.1, 0.15) is 15.2 Å². The fourth-order valence-electron chi connectivity index (χ4n) is 1.48. The minimum atomic E-state index is -0.483. The van der Waals surface area contributed by atoms with E-state index in [2.05, 4.69) is 4.98 Å². The van der Waals surface area contributed by atoms with E-state index >= 15 is 0 Å². The number of nitrogens with zero attached hydrogens (tertiary/aromatic N) is 1. The number of carbonyl (C=O) groups is 1. The molecule has 1 aromatic carbocycles. The number of hydrogen-bond donors (Lipinski definition) is 1. The molecule has 0 radical (unpaired) electrons. The van der Waals surface area contributed by atoms with E-state index in [0.29, 0.717) is 11.3 Å². The van der Waals surface area contributed by atoms with Gasteiger partial charge in [0.05, 0.1) is 16.4 Å². The van der Waals surface area contributed by atoms with E-state index in [0.717, 1.165) is 5.56 Å².